The number of fused-ring (bicyclic) bond motifs is 2. The second-order valence-corrected chi connectivity index (χ2v) is 9.86. The lowest BCUT2D eigenvalue weighted by molar-refractivity contribution is -0.132. The monoisotopic (exact) mass is 470 g/mol. The van der Waals surface area contributed by atoms with Crippen LogP contribution in [0.3, 0.4) is 0 Å². The summed E-state index contributed by atoms with van der Waals surface area (Å²) in [5.74, 6) is 0.665. The average Bonchev–Trinajstić information content (AvgIpc) is 2.83. The van der Waals surface area contributed by atoms with Crippen LogP contribution in [0.2, 0.25) is 0 Å². The number of hydrogen-bond acceptors (Lipinski definition) is 6. The van der Waals surface area contributed by atoms with Gasteiger partial charge in [-0.05, 0) is 82.2 Å². The predicted molar refractivity (Wildman–Crippen MR) is 132 cm³/mol. The zero-order chi connectivity index (χ0) is 24.1. The molecule has 1 aromatic carbocycles. The van der Waals surface area contributed by atoms with Gasteiger partial charge in [0.05, 0.1) is 0 Å². The maximum Gasteiger partial charge on any atom is 0.339 e. The number of ether oxygens (including phenoxy) is 1. The smallest absolute Gasteiger partial charge is 0.339 e. The van der Waals surface area contributed by atoms with E-state index < -0.39 is 5.63 Å². The molecular formula is C27H38N2O5. The fourth-order valence-electron chi connectivity index (χ4n) is 5.85. The zero-order valence-electron chi connectivity index (χ0n) is 20.6. The number of piperidine rings is 2. The van der Waals surface area contributed by atoms with Gasteiger partial charge in [0.1, 0.15) is 11.3 Å². The van der Waals surface area contributed by atoms with Crippen LogP contribution in [0.25, 0.3) is 11.0 Å². The number of amides is 1. The van der Waals surface area contributed by atoms with Crippen molar-refractivity contribution in [1.82, 2.24) is 9.80 Å². The summed E-state index contributed by atoms with van der Waals surface area (Å²) in [6.45, 7) is 6.35. The molecule has 0 radical (unpaired) electrons. The standard InChI is InChI=1S/C27H38N2O5/c1-19-22-10-9-21(30)17-25(22)34-27(32)23(19)11-12-26(31)29(15-6-16-33-2)18-20-7-5-14-28-13-4-3-8-24(20)28/h9-10,17,20,24,30H,3-8,11-16,18H2,1-2H3/t20-,24+/m0/s1. The molecule has 0 bridgehead atoms. The zero-order valence-corrected chi connectivity index (χ0v) is 20.6. The summed E-state index contributed by atoms with van der Waals surface area (Å²) in [6.07, 6.45) is 7.62. The van der Waals surface area contributed by atoms with Crippen molar-refractivity contribution in [2.75, 3.05) is 39.9 Å². The van der Waals surface area contributed by atoms with E-state index in [1.165, 1.54) is 51.3 Å². The third-order valence-electron chi connectivity index (χ3n) is 7.67. The first-order chi connectivity index (χ1) is 16.5. The van der Waals surface area contributed by atoms with Crippen molar-refractivity contribution in [2.45, 2.75) is 64.3 Å². The van der Waals surface area contributed by atoms with Gasteiger partial charge in [-0.2, -0.15) is 0 Å². The Morgan fingerprint density at radius 2 is 2.06 bits per heavy atom. The molecule has 2 aliphatic heterocycles. The van der Waals surface area contributed by atoms with Crippen molar-refractivity contribution in [3.05, 3.63) is 39.7 Å². The van der Waals surface area contributed by atoms with Crippen LogP contribution in [-0.2, 0) is 16.0 Å². The van der Waals surface area contributed by atoms with Crippen molar-refractivity contribution in [3.8, 4) is 5.75 Å². The summed E-state index contributed by atoms with van der Waals surface area (Å²) in [6, 6.07) is 5.38. The number of rotatable bonds is 9. The number of aryl methyl sites for hydroxylation is 1. The molecule has 1 amide bonds. The summed E-state index contributed by atoms with van der Waals surface area (Å²) in [7, 11) is 1.69. The van der Waals surface area contributed by atoms with Crippen LogP contribution in [-0.4, -0.2) is 66.8 Å². The topological polar surface area (TPSA) is 83.2 Å². The first-order valence-corrected chi connectivity index (χ1v) is 12.7. The molecule has 0 unspecified atom stereocenters. The molecule has 186 valence electrons. The van der Waals surface area contributed by atoms with E-state index >= 15 is 0 Å². The number of benzene rings is 1. The number of hydrogen-bond donors (Lipinski definition) is 1. The fourth-order valence-corrected chi connectivity index (χ4v) is 5.85. The van der Waals surface area contributed by atoms with Crippen LogP contribution in [0, 0.1) is 12.8 Å². The van der Waals surface area contributed by atoms with Gasteiger partial charge >= 0.3 is 5.63 Å². The first-order valence-electron chi connectivity index (χ1n) is 12.7. The van der Waals surface area contributed by atoms with Crippen molar-refractivity contribution in [2.24, 2.45) is 5.92 Å². The number of aromatic hydroxyl groups is 1. The molecule has 0 saturated carbocycles. The Bertz CT molecular complexity index is 1050. The molecule has 2 fully saturated rings. The summed E-state index contributed by atoms with van der Waals surface area (Å²) in [4.78, 5) is 30.7. The number of carbonyl (C=O) groups is 1. The highest BCUT2D eigenvalue weighted by atomic mass is 16.5. The molecule has 2 atom stereocenters. The van der Waals surface area contributed by atoms with Gasteiger partial charge in [-0.3, -0.25) is 4.79 Å². The van der Waals surface area contributed by atoms with Gasteiger partial charge in [0.2, 0.25) is 5.91 Å². The van der Waals surface area contributed by atoms with E-state index in [9.17, 15) is 14.7 Å². The van der Waals surface area contributed by atoms with Crippen LogP contribution >= 0.6 is 0 Å². The Labute approximate surface area is 201 Å². The minimum Gasteiger partial charge on any atom is -0.508 e. The van der Waals surface area contributed by atoms with Crippen LogP contribution in [0.5, 0.6) is 5.75 Å². The maximum absolute atomic E-state index is 13.4. The predicted octanol–water partition coefficient (Wildman–Crippen LogP) is 3.87. The number of methoxy groups -OCH3 is 1. The fraction of sp³-hybridized carbons (Fsp3) is 0.630. The minimum atomic E-state index is -0.431. The Morgan fingerprint density at radius 3 is 2.88 bits per heavy atom. The summed E-state index contributed by atoms with van der Waals surface area (Å²) in [5, 5.41) is 10.5. The second kappa shape index (κ2) is 11.4. The third kappa shape index (κ3) is 5.63. The molecule has 7 nitrogen and oxygen atoms in total. The van der Waals surface area contributed by atoms with Crippen molar-refractivity contribution in [3.63, 3.8) is 0 Å². The van der Waals surface area contributed by atoms with Crippen LogP contribution in [0.4, 0.5) is 0 Å². The third-order valence-corrected chi connectivity index (χ3v) is 7.67. The molecule has 4 rings (SSSR count). The van der Waals surface area contributed by atoms with Gasteiger partial charge in [-0.1, -0.05) is 6.42 Å². The number of carbonyl (C=O) groups excluding carboxylic acids is 1. The Kier molecular flexibility index (Phi) is 8.27. The Hall–Kier alpha value is -2.38. The van der Waals surface area contributed by atoms with Crippen molar-refractivity contribution < 1.29 is 19.1 Å². The number of nitrogens with zero attached hydrogens (tertiary/aromatic N) is 2. The minimum absolute atomic E-state index is 0.0592. The molecule has 2 aromatic rings. The summed E-state index contributed by atoms with van der Waals surface area (Å²) < 4.78 is 10.7. The Morgan fingerprint density at radius 1 is 1.24 bits per heavy atom. The van der Waals surface area contributed by atoms with Gasteiger partial charge < -0.3 is 24.1 Å². The van der Waals surface area contributed by atoms with E-state index in [2.05, 4.69) is 4.90 Å². The lowest BCUT2D eigenvalue weighted by atomic mass is 9.83. The largest absolute Gasteiger partial charge is 0.508 e. The van der Waals surface area contributed by atoms with E-state index in [0.29, 0.717) is 42.7 Å². The van der Waals surface area contributed by atoms with Crippen molar-refractivity contribution >= 4 is 16.9 Å². The number of phenols is 1. The molecule has 0 spiro atoms. The number of phenolic OH excluding ortho intramolecular Hbond substituents is 1. The molecule has 1 N–H and O–H groups in total. The quantitative estimate of drug-likeness (QED) is 0.443. The maximum atomic E-state index is 13.4. The highest BCUT2D eigenvalue weighted by Crippen LogP contribution is 2.32. The van der Waals surface area contributed by atoms with Crippen LogP contribution in [0.15, 0.2) is 27.4 Å². The lowest BCUT2D eigenvalue weighted by Gasteiger charge is -2.45. The second-order valence-electron chi connectivity index (χ2n) is 9.86. The Balaban J connectivity index is 1.46. The van der Waals surface area contributed by atoms with E-state index in [1.807, 2.05) is 11.8 Å². The van der Waals surface area contributed by atoms with Crippen LogP contribution < -0.4 is 5.63 Å². The molecule has 0 aliphatic carbocycles. The lowest BCUT2D eigenvalue weighted by Crippen LogP contribution is -2.51. The van der Waals surface area contributed by atoms with Gasteiger partial charge in [0.15, 0.2) is 0 Å². The van der Waals surface area contributed by atoms with Gasteiger partial charge in [0, 0.05) is 56.3 Å². The first kappa shape index (κ1) is 24.7. The van der Waals surface area contributed by atoms with E-state index in [1.54, 1.807) is 19.2 Å². The molecule has 1 aromatic heterocycles. The van der Waals surface area contributed by atoms with Crippen LogP contribution in [0.1, 0.15) is 56.1 Å². The molecule has 34 heavy (non-hydrogen) atoms. The highest BCUT2D eigenvalue weighted by molar-refractivity contribution is 5.82. The normalized spacial score (nSPS) is 20.9. The van der Waals surface area contributed by atoms with Crippen molar-refractivity contribution in [1.29, 1.82) is 0 Å². The molecule has 3 heterocycles. The molecule has 2 aliphatic rings. The summed E-state index contributed by atoms with van der Waals surface area (Å²) >= 11 is 0. The summed E-state index contributed by atoms with van der Waals surface area (Å²) in [5.41, 5.74) is 1.29. The average molecular weight is 471 g/mol. The van der Waals surface area contributed by atoms with E-state index in [4.69, 9.17) is 9.15 Å². The van der Waals surface area contributed by atoms with Gasteiger partial charge in [-0.15, -0.1) is 0 Å². The highest BCUT2D eigenvalue weighted by Gasteiger charge is 2.34. The van der Waals surface area contributed by atoms with Gasteiger partial charge in [0.25, 0.3) is 0 Å². The molecule has 7 heteroatoms. The molecular weight excluding hydrogens is 432 g/mol. The van der Waals surface area contributed by atoms with E-state index in [0.717, 1.165) is 23.9 Å². The SMILES string of the molecule is COCCCN(C[C@@H]1CCCN2CCCC[C@H]12)C(=O)CCc1c(C)c2ccc(O)cc2oc1=O. The molecule has 2 saturated heterocycles. The van der Waals surface area contributed by atoms with Gasteiger partial charge in [-0.25, -0.2) is 4.79 Å². The van der Waals surface area contributed by atoms with E-state index in [-0.39, 0.29) is 18.1 Å².